The molecular formula is C20H22F2N4O2S. The first kappa shape index (κ1) is 19.9. The Bertz CT molecular complexity index is 951. The number of rotatable bonds is 4. The van der Waals surface area contributed by atoms with Gasteiger partial charge in [0.05, 0.1) is 5.69 Å². The summed E-state index contributed by atoms with van der Waals surface area (Å²) in [6.07, 6.45) is 6.83. The molecule has 2 amide bonds. The average Bonchev–Trinajstić information content (AvgIpc) is 3.26. The van der Waals surface area contributed by atoms with Crippen molar-refractivity contribution in [3.05, 3.63) is 34.6 Å². The van der Waals surface area contributed by atoms with Crippen molar-refractivity contribution in [3.8, 4) is 0 Å². The largest absolute Gasteiger partial charge is 0.347 e. The summed E-state index contributed by atoms with van der Waals surface area (Å²) >= 11 is 1.13. The number of aryl methyl sites for hydroxylation is 1. The summed E-state index contributed by atoms with van der Waals surface area (Å²) in [5.41, 5.74) is 0.457. The minimum absolute atomic E-state index is 0.0212. The molecule has 0 aliphatic heterocycles. The number of pyridine rings is 1. The van der Waals surface area contributed by atoms with Crippen LogP contribution >= 0.6 is 11.3 Å². The fourth-order valence-electron chi connectivity index (χ4n) is 4.52. The molecule has 0 radical (unpaired) electrons. The first-order chi connectivity index (χ1) is 13.8. The van der Waals surface area contributed by atoms with Crippen molar-refractivity contribution in [1.82, 2.24) is 15.3 Å². The van der Waals surface area contributed by atoms with Gasteiger partial charge in [-0.3, -0.25) is 14.5 Å². The first-order valence-corrected chi connectivity index (χ1v) is 10.5. The Morgan fingerprint density at radius 2 is 1.83 bits per heavy atom. The van der Waals surface area contributed by atoms with E-state index in [1.165, 1.54) is 19.8 Å². The molecule has 2 aromatic heterocycles. The van der Waals surface area contributed by atoms with Crippen LogP contribution < -0.4 is 10.2 Å². The third kappa shape index (κ3) is 3.63. The second-order valence-electron chi connectivity index (χ2n) is 7.86. The summed E-state index contributed by atoms with van der Waals surface area (Å²) in [6, 6.07) is 2.08. The van der Waals surface area contributed by atoms with Gasteiger partial charge in [0.2, 0.25) is 17.8 Å². The van der Waals surface area contributed by atoms with Crippen LogP contribution in [0.3, 0.4) is 0 Å². The Morgan fingerprint density at radius 1 is 1.17 bits per heavy atom. The Hall–Kier alpha value is -2.42. The highest BCUT2D eigenvalue weighted by atomic mass is 32.1. The van der Waals surface area contributed by atoms with E-state index in [0.717, 1.165) is 54.1 Å². The minimum atomic E-state index is -1.04. The normalized spacial score (nSPS) is 19.8. The molecule has 4 rings (SSSR count). The predicted octanol–water partition coefficient (Wildman–Crippen LogP) is 4.26. The van der Waals surface area contributed by atoms with Gasteiger partial charge in [-0.15, -0.1) is 11.3 Å². The first-order valence-electron chi connectivity index (χ1n) is 9.71. The number of amides is 2. The zero-order valence-electron chi connectivity index (χ0n) is 16.3. The van der Waals surface area contributed by atoms with E-state index in [1.807, 2.05) is 0 Å². The van der Waals surface area contributed by atoms with Gasteiger partial charge in [-0.2, -0.15) is 13.8 Å². The smallest absolute Gasteiger partial charge is 0.271 e. The monoisotopic (exact) mass is 420 g/mol. The highest BCUT2D eigenvalue weighted by Crippen LogP contribution is 2.53. The van der Waals surface area contributed by atoms with Crippen molar-refractivity contribution in [3.63, 3.8) is 0 Å². The van der Waals surface area contributed by atoms with Crippen molar-refractivity contribution in [2.24, 2.45) is 5.41 Å². The summed E-state index contributed by atoms with van der Waals surface area (Å²) in [5, 5.41) is 3.31. The van der Waals surface area contributed by atoms with E-state index in [9.17, 15) is 18.4 Å². The van der Waals surface area contributed by atoms with Crippen molar-refractivity contribution in [1.29, 1.82) is 0 Å². The maximum absolute atomic E-state index is 13.5. The molecule has 2 aliphatic carbocycles. The van der Waals surface area contributed by atoms with Crippen molar-refractivity contribution in [2.75, 3.05) is 4.90 Å². The number of aromatic nitrogens is 2. The van der Waals surface area contributed by atoms with Gasteiger partial charge < -0.3 is 5.32 Å². The number of hydrogen-bond acceptors (Lipinski definition) is 5. The lowest BCUT2D eigenvalue weighted by Gasteiger charge is -2.47. The van der Waals surface area contributed by atoms with Gasteiger partial charge in [0.15, 0.2) is 5.13 Å². The van der Waals surface area contributed by atoms with Gasteiger partial charge in [-0.05, 0) is 38.0 Å². The Labute approximate surface area is 171 Å². The molecule has 2 heterocycles. The second kappa shape index (κ2) is 7.44. The molecule has 1 atom stereocenters. The molecule has 0 saturated heterocycles. The highest BCUT2D eigenvalue weighted by Gasteiger charge is 2.48. The third-order valence-corrected chi connectivity index (χ3v) is 7.04. The SMILES string of the molecule is CC(=O)N(c1cc(F)nc(F)c1)c1nc(C(=O)N[C@@H]2CCC23CCCC3)c(C)s1. The molecule has 6 nitrogen and oxygen atoms in total. The van der Waals surface area contributed by atoms with E-state index in [2.05, 4.69) is 15.3 Å². The van der Waals surface area contributed by atoms with Crippen LogP contribution in [0.15, 0.2) is 12.1 Å². The van der Waals surface area contributed by atoms with Gasteiger partial charge >= 0.3 is 0 Å². The van der Waals surface area contributed by atoms with E-state index in [0.29, 0.717) is 4.88 Å². The molecule has 2 saturated carbocycles. The Balaban J connectivity index is 1.59. The number of halogens is 2. The maximum Gasteiger partial charge on any atom is 0.271 e. The zero-order chi connectivity index (χ0) is 20.8. The van der Waals surface area contributed by atoms with Crippen LogP contribution in [-0.4, -0.2) is 27.8 Å². The fourth-order valence-corrected chi connectivity index (χ4v) is 5.49. The van der Waals surface area contributed by atoms with E-state index in [1.54, 1.807) is 6.92 Å². The summed E-state index contributed by atoms with van der Waals surface area (Å²) in [5.74, 6) is -2.81. The molecule has 0 aromatic carbocycles. The van der Waals surface area contributed by atoms with Crippen molar-refractivity contribution >= 4 is 34.0 Å². The molecule has 2 fully saturated rings. The quantitative estimate of drug-likeness (QED) is 0.750. The van der Waals surface area contributed by atoms with Gasteiger partial charge in [-0.1, -0.05) is 12.8 Å². The van der Waals surface area contributed by atoms with Gasteiger partial charge in [0, 0.05) is 30.0 Å². The molecule has 1 N–H and O–H groups in total. The van der Waals surface area contributed by atoms with Gasteiger partial charge in [0.25, 0.3) is 5.91 Å². The molecular weight excluding hydrogens is 398 g/mol. The van der Waals surface area contributed by atoms with Crippen molar-refractivity contribution in [2.45, 2.75) is 58.4 Å². The minimum Gasteiger partial charge on any atom is -0.347 e. The third-order valence-electron chi connectivity index (χ3n) is 6.09. The molecule has 2 aliphatic rings. The molecule has 29 heavy (non-hydrogen) atoms. The standard InChI is InChI=1S/C20H22F2N4O2S/c1-11-17(18(28)23-14-5-8-20(14)6-3-4-7-20)25-19(29-11)26(12(2)27)13-9-15(21)24-16(22)10-13/h9-10,14H,3-8H2,1-2H3,(H,23,28)/t14-/m1/s1. The average molecular weight is 420 g/mol. The summed E-state index contributed by atoms with van der Waals surface area (Å²) < 4.78 is 27.1. The van der Waals surface area contributed by atoms with Crippen molar-refractivity contribution < 1.29 is 18.4 Å². The topological polar surface area (TPSA) is 75.2 Å². The molecule has 1 spiro atoms. The van der Waals surface area contributed by atoms with Crippen LogP contribution in [-0.2, 0) is 4.79 Å². The Morgan fingerprint density at radius 3 is 2.38 bits per heavy atom. The summed E-state index contributed by atoms with van der Waals surface area (Å²) in [7, 11) is 0. The number of hydrogen-bond donors (Lipinski definition) is 1. The lowest BCUT2D eigenvalue weighted by Crippen LogP contribution is -2.54. The zero-order valence-corrected chi connectivity index (χ0v) is 17.1. The van der Waals surface area contributed by atoms with E-state index in [4.69, 9.17) is 0 Å². The molecule has 0 bridgehead atoms. The van der Waals surface area contributed by atoms with Crippen LogP contribution in [0.2, 0.25) is 0 Å². The Kier molecular flexibility index (Phi) is 5.10. The number of anilines is 2. The second-order valence-corrected chi connectivity index (χ2v) is 9.04. The molecule has 154 valence electrons. The molecule has 0 unspecified atom stereocenters. The fraction of sp³-hybridized carbons (Fsp3) is 0.500. The highest BCUT2D eigenvalue weighted by molar-refractivity contribution is 7.16. The lowest BCUT2D eigenvalue weighted by atomic mass is 9.63. The van der Waals surface area contributed by atoms with Crippen LogP contribution in [0.1, 0.15) is 60.8 Å². The number of carbonyl (C=O) groups is 2. The van der Waals surface area contributed by atoms with Crippen LogP contribution in [0.4, 0.5) is 19.6 Å². The van der Waals surface area contributed by atoms with Gasteiger partial charge in [0.1, 0.15) is 5.69 Å². The number of carbonyl (C=O) groups excluding carboxylic acids is 2. The van der Waals surface area contributed by atoms with Crippen LogP contribution in [0, 0.1) is 24.2 Å². The molecule has 9 heteroatoms. The van der Waals surface area contributed by atoms with Crippen LogP contribution in [0.25, 0.3) is 0 Å². The maximum atomic E-state index is 13.5. The van der Waals surface area contributed by atoms with E-state index >= 15 is 0 Å². The molecule has 2 aromatic rings. The van der Waals surface area contributed by atoms with E-state index < -0.39 is 17.8 Å². The predicted molar refractivity (Wildman–Crippen MR) is 105 cm³/mol. The van der Waals surface area contributed by atoms with Crippen LogP contribution in [0.5, 0.6) is 0 Å². The number of thiazole rings is 1. The summed E-state index contributed by atoms with van der Waals surface area (Å²) in [4.78, 5) is 34.2. The summed E-state index contributed by atoms with van der Waals surface area (Å²) in [6.45, 7) is 3.01. The number of nitrogens with zero attached hydrogens (tertiary/aromatic N) is 3. The van der Waals surface area contributed by atoms with Gasteiger partial charge in [-0.25, -0.2) is 4.98 Å². The van der Waals surface area contributed by atoms with E-state index in [-0.39, 0.29) is 33.9 Å². The lowest BCUT2D eigenvalue weighted by molar-refractivity contribution is -0.115. The number of nitrogens with one attached hydrogen (secondary N) is 1.